The first-order valence-corrected chi connectivity index (χ1v) is 10.7. The number of hydrogen-bond donors (Lipinski definition) is 1. The number of thioether (sulfide) groups is 1. The van der Waals surface area contributed by atoms with Gasteiger partial charge < -0.3 is 10.1 Å². The van der Waals surface area contributed by atoms with Gasteiger partial charge in [-0.3, -0.25) is 4.90 Å². The molecular formula is C17H26N4OS2. The van der Waals surface area contributed by atoms with Crippen molar-refractivity contribution in [2.75, 3.05) is 50.2 Å². The van der Waals surface area contributed by atoms with Gasteiger partial charge in [-0.25, -0.2) is 9.97 Å². The Morgan fingerprint density at radius 2 is 2.04 bits per heavy atom. The van der Waals surface area contributed by atoms with E-state index in [0.29, 0.717) is 0 Å². The summed E-state index contributed by atoms with van der Waals surface area (Å²) in [6.45, 7) is 9.62. The van der Waals surface area contributed by atoms with Crippen LogP contribution in [0.3, 0.4) is 0 Å². The predicted octanol–water partition coefficient (Wildman–Crippen LogP) is 3.31. The van der Waals surface area contributed by atoms with Crippen LogP contribution in [0.4, 0.5) is 5.82 Å². The van der Waals surface area contributed by atoms with Gasteiger partial charge in [0.15, 0.2) is 0 Å². The van der Waals surface area contributed by atoms with Crippen molar-refractivity contribution in [2.45, 2.75) is 26.8 Å². The van der Waals surface area contributed by atoms with Gasteiger partial charge in [-0.05, 0) is 37.8 Å². The third-order valence-electron chi connectivity index (χ3n) is 4.36. The number of nitrogens with one attached hydrogen (secondary N) is 1. The van der Waals surface area contributed by atoms with E-state index in [1.807, 2.05) is 11.8 Å². The first kappa shape index (κ1) is 17.9. The van der Waals surface area contributed by atoms with Crippen molar-refractivity contribution < 1.29 is 4.74 Å². The highest BCUT2D eigenvalue weighted by molar-refractivity contribution is 7.98. The van der Waals surface area contributed by atoms with Crippen molar-refractivity contribution in [1.29, 1.82) is 0 Å². The topological polar surface area (TPSA) is 50.3 Å². The van der Waals surface area contributed by atoms with E-state index in [9.17, 15) is 0 Å². The van der Waals surface area contributed by atoms with Crippen LogP contribution in [0.25, 0.3) is 10.2 Å². The molecular weight excluding hydrogens is 340 g/mol. The van der Waals surface area contributed by atoms with Gasteiger partial charge >= 0.3 is 0 Å². The Bertz CT molecular complexity index is 683. The van der Waals surface area contributed by atoms with E-state index in [0.717, 1.165) is 62.3 Å². The summed E-state index contributed by atoms with van der Waals surface area (Å²) < 4.78 is 5.43. The van der Waals surface area contributed by atoms with Crippen molar-refractivity contribution in [3.63, 3.8) is 0 Å². The van der Waals surface area contributed by atoms with Gasteiger partial charge in [0.2, 0.25) is 0 Å². The number of aromatic nitrogens is 2. The van der Waals surface area contributed by atoms with E-state index >= 15 is 0 Å². The molecule has 1 aliphatic rings. The number of morpholine rings is 1. The van der Waals surface area contributed by atoms with Crippen molar-refractivity contribution in [3.8, 4) is 0 Å². The zero-order valence-corrected chi connectivity index (χ0v) is 16.4. The number of hydrogen-bond acceptors (Lipinski definition) is 7. The van der Waals surface area contributed by atoms with Crippen LogP contribution in [0.1, 0.15) is 22.7 Å². The highest BCUT2D eigenvalue weighted by atomic mass is 32.2. The SMILES string of the molecule is CSCCCNc1nc(CN2CCOCC2)nc2sc(C)c(C)c12. The third-order valence-corrected chi connectivity index (χ3v) is 6.16. The molecule has 2 aromatic rings. The Hall–Kier alpha value is -0.890. The molecule has 0 radical (unpaired) electrons. The lowest BCUT2D eigenvalue weighted by atomic mass is 10.2. The summed E-state index contributed by atoms with van der Waals surface area (Å²) in [5.41, 5.74) is 1.31. The van der Waals surface area contributed by atoms with Gasteiger partial charge in [-0.15, -0.1) is 11.3 Å². The maximum atomic E-state index is 5.43. The fourth-order valence-electron chi connectivity index (χ4n) is 2.88. The summed E-state index contributed by atoms with van der Waals surface area (Å²) in [6.07, 6.45) is 3.29. The van der Waals surface area contributed by atoms with Gasteiger partial charge in [-0.2, -0.15) is 11.8 Å². The van der Waals surface area contributed by atoms with Gasteiger partial charge in [0.25, 0.3) is 0 Å². The van der Waals surface area contributed by atoms with Crippen LogP contribution in [-0.4, -0.2) is 59.7 Å². The minimum atomic E-state index is 0.800. The van der Waals surface area contributed by atoms with Gasteiger partial charge in [0.05, 0.1) is 25.1 Å². The molecule has 0 amide bonds. The maximum absolute atomic E-state index is 5.43. The third kappa shape index (κ3) is 4.20. The molecule has 1 saturated heterocycles. The summed E-state index contributed by atoms with van der Waals surface area (Å²) in [4.78, 5) is 14.5. The minimum Gasteiger partial charge on any atom is -0.379 e. The first-order chi connectivity index (χ1) is 11.7. The van der Waals surface area contributed by atoms with E-state index in [4.69, 9.17) is 14.7 Å². The quantitative estimate of drug-likeness (QED) is 0.759. The number of fused-ring (bicyclic) bond motifs is 1. The lowest BCUT2D eigenvalue weighted by Gasteiger charge is -2.25. The second-order valence-corrected chi connectivity index (χ2v) is 8.30. The Kier molecular flexibility index (Phi) is 6.32. The molecule has 0 aromatic carbocycles. The molecule has 7 heteroatoms. The van der Waals surface area contributed by atoms with Crippen LogP contribution in [0, 0.1) is 13.8 Å². The first-order valence-electron chi connectivity index (χ1n) is 8.48. The highest BCUT2D eigenvalue weighted by Gasteiger charge is 2.17. The average molecular weight is 367 g/mol. The van der Waals surface area contributed by atoms with Gasteiger partial charge in [0.1, 0.15) is 16.5 Å². The molecule has 0 spiro atoms. The molecule has 0 unspecified atom stereocenters. The second-order valence-electron chi connectivity index (χ2n) is 6.11. The monoisotopic (exact) mass is 366 g/mol. The summed E-state index contributed by atoms with van der Waals surface area (Å²) in [6, 6.07) is 0. The van der Waals surface area contributed by atoms with E-state index in [1.165, 1.54) is 21.6 Å². The van der Waals surface area contributed by atoms with Crippen LogP contribution in [0.5, 0.6) is 0 Å². The fraction of sp³-hybridized carbons (Fsp3) is 0.647. The number of rotatable bonds is 7. The van der Waals surface area contributed by atoms with Crippen molar-refractivity contribution in [3.05, 3.63) is 16.3 Å². The molecule has 5 nitrogen and oxygen atoms in total. The molecule has 0 aliphatic carbocycles. The largest absolute Gasteiger partial charge is 0.379 e. The summed E-state index contributed by atoms with van der Waals surface area (Å²) in [5.74, 6) is 3.09. The number of ether oxygens (including phenoxy) is 1. The molecule has 1 fully saturated rings. The smallest absolute Gasteiger partial charge is 0.146 e. The Labute approximate surface area is 152 Å². The molecule has 0 saturated carbocycles. The lowest BCUT2D eigenvalue weighted by Crippen LogP contribution is -2.36. The molecule has 2 aromatic heterocycles. The summed E-state index contributed by atoms with van der Waals surface area (Å²) in [5, 5.41) is 4.75. The summed E-state index contributed by atoms with van der Waals surface area (Å²) >= 11 is 3.66. The van der Waals surface area contributed by atoms with E-state index in [2.05, 4.69) is 30.3 Å². The zero-order chi connectivity index (χ0) is 16.9. The van der Waals surface area contributed by atoms with E-state index in [-0.39, 0.29) is 0 Å². The Morgan fingerprint density at radius 1 is 1.25 bits per heavy atom. The van der Waals surface area contributed by atoms with Gasteiger partial charge in [-0.1, -0.05) is 0 Å². The molecule has 0 bridgehead atoms. The summed E-state index contributed by atoms with van der Waals surface area (Å²) in [7, 11) is 0. The highest BCUT2D eigenvalue weighted by Crippen LogP contribution is 2.33. The zero-order valence-electron chi connectivity index (χ0n) is 14.7. The average Bonchev–Trinajstić information content (AvgIpc) is 2.87. The van der Waals surface area contributed by atoms with Crippen LogP contribution in [0.15, 0.2) is 0 Å². The Balaban J connectivity index is 1.84. The van der Waals surface area contributed by atoms with Crippen molar-refractivity contribution in [1.82, 2.24) is 14.9 Å². The van der Waals surface area contributed by atoms with Crippen LogP contribution < -0.4 is 5.32 Å². The molecule has 3 heterocycles. The number of anilines is 1. The molecule has 132 valence electrons. The van der Waals surface area contributed by atoms with Crippen LogP contribution >= 0.6 is 23.1 Å². The van der Waals surface area contributed by atoms with Crippen LogP contribution in [0.2, 0.25) is 0 Å². The molecule has 24 heavy (non-hydrogen) atoms. The van der Waals surface area contributed by atoms with Crippen LogP contribution in [-0.2, 0) is 11.3 Å². The lowest BCUT2D eigenvalue weighted by molar-refractivity contribution is 0.0331. The van der Waals surface area contributed by atoms with Gasteiger partial charge in [0, 0.05) is 24.5 Å². The maximum Gasteiger partial charge on any atom is 0.146 e. The fourth-order valence-corrected chi connectivity index (χ4v) is 4.36. The molecule has 0 atom stereocenters. The standard InChI is InChI=1S/C17H26N4OS2/c1-12-13(2)24-17-15(12)16(18-5-4-10-23-3)19-14(20-17)11-21-6-8-22-9-7-21/h4-11H2,1-3H3,(H,18,19,20). The van der Waals surface area contributed by atoms with E-state index in [1.54, 1.807) is 11.3 Å². The molecule has 1 N–H and O–H groups in total. The normalized spacial score (nSPS) is 16.0. The number of aryl methyl sites for hydroxylation is 2. The van der Waals surface area contributed by atoms with E-state index < -0.39 is 0 Å². The molecule has 1 aliphatic heterocycles. The second kappa shape index (κ2) is 8.47. The number of nitrogens with zero attached hydrogens (tertiary/aromatic N) is 3. The van der Waals surface area contributed by atoms with Crippen molar-refractivity contribution >= 4 is 39.1 Å². The number of thiophene rings is 1. The minimum absolute atomic E-state index is 0.800. The predicted molar refractivity (Wildman–Crippen MR) is 104 cm³/mol. The Morgan fingerprint density at radius 3 is 2.79 bits per heavy atom. The molecule has 3 rings (SSSR count). The van der Waals surface area contributed by atoms with Crippen molar-refractivity contribution in [2.24, 2.45) is 0 Å².